The second kappa shape index (κ2) is 5.35. The molecule has 0 spiro atoms. The van der Waals surface area contributed by atoms with Crippen LogP contribution in [-0.2, 0) is 0 Å². The lowest BCUT2D eigenvalue weighted by atomic mass is 10.1. The van der Waals surface area contributed by atoms with Gasteiger partial charge in [-0.15, -0.1) is 0 Å². The zero-order valence-electron chi connectivity index (χ0n) is 10.2. The molecule has 0 radical (unpaired) electrons. The molecule has 1 amide bonds. The zero-order chi connectivity index (χ0) is 12.4. The predicted molar refractivity (Wildman–Crippen MR) is 77.3 cm³/mol. The Hall–Kier alpha value is -0.620. The van der Waals surface area contributed by atoms with Crippen LogP contribution >= 0.6 is 22.6 Å². The van der Waals surface area contributed by atoms with Crippen molar-refractivity contribution in [1.82, 2.24) is 10.2 Å². The standard InChI is InChI=1S/C13H17IN2O/c1-9-3-4-12(14)11(7-9)13(17)16-6-5-15-8-10(16)2/h3-4,7,10,15H,5-6,8H2,1-2H3/t10-/m0/s1. The number of hydrogen-bond acceptors (Lipinski definition) is 2. The Morgan fingerprint density at radius 2 is 2.29 bits per heavy atom. The second-order valence-electron chi connectivity index (χ2n) is 4.53. The Bertz CT molecular complexity index is 433. The maximum atomic E-state index is 12.5. The van der Waals surface area contributed by atoms with Crippen LogP contribution in [0.25, 0.3) is 0 Å². The number of benzene rings is 1. The fraction of sp³-hybridized carbons (Fsp3) is 0.462. The Morgan fingerprint density at radius 1 is 1.53 bits per heavy atom. The summed E-state index contributed by atoms with van der Waals surface area (Å²) in [5.74, 6) is 0.159. The van der Waals surface area contributed by atoms with Gasteiger partial charge >= 0.3 is 0 Å². The van der Waals surface area contributed by atoms with E-state index < -0.39 is 0 Å². The van der Waals surface area contributed by atoms with Crippen LogP contribution in [0.3, 0.4) is 0 Å². The van der Waals surface area contributed by atoms with Gasteiger partial charge in [0, 0.05) is 29.2 Å². The molecular weight excluding hydrogens is 327 g/mol. The highest BCUT2D eigenvalue weighted by Crippen LogP contribution is 2.18. The average molecular weight is 344 g/mol. The van der Waals surface area contributed by atoms with Crippen molar-refractivity contribution in [2.24, 2.45) is 0 Å². The van der Waals surface area contributed by atoms with Gasteiger partial charge in [0.15, 0.2) is 0 Å². The number of nitrogens with one attached hydrogen (secondary N) is 1. The molecule has 1 fully saturated rings. The number of hydrogen-bond donors (Lipinski definition) is 1. The molecule has 1 aliphatic rings. The fourth-order valence-electron chi connectivity index (χ4n) is 2.10. The van der Waals surface area contributed by atoms with Crippen LogP contribution in [0.15, 0.2) is 18.2 Å². The highest BCUT2D eigenvalue weighted by Gasteiger charge is 2.25. The van der Waals surface area contributed by atoms with Crippen molar-refractivity contribution in [3.05, 3.63) is 32.9 Å². The molecule has 1 N–H and O–H groups in total. The van der Waals surface area contributed by atoms with Crippen molar-refractivity contribution in [1.29, 1.82) is 0 Å². The lowest BCUT2D eigenvalue weighted by Crippen LogP contribution is -2.52. The molecule has 3 nitrogen and oxygen atoms in total. The van der Waals surface area contributed by atoms with Crippen LogP contribution in [0.1, 0.15) is 22.8 Å². The molecule has 1 aromatic carbocycles. The first-order chi connectivity index (χ1) is 8.09. The van der Waals surface area contributed by atoms with E-state index >= 15 is 0 Å². The van der Waals surface area contributed by atoms with E-state index in [1.807, 2.05) is 30.0 Å². The largest absolute Gasteiger partial charge is 0.333 e. The third-order valence-electron chi connectivity index (χ3n) is 3.11. The summed E-state index contributed by atoms with van der Waals surface area (Å²) in [6.45, 7) is 6.68. The van der Waals surface area contributed by atoms with Crippen LogP contribution in [0.5, 0.6) is 0 Å². The van der Waals surface area contributed by atoms with Crippen LogP contribution in [0, 0.1) is 10.5 Å². The Morgan fingerprint density at radius 3 is 3.00 bits per heavy atom. The van der Waals surface area contributed by atoms with Crippen LogP contribution in [0.4, 0.5) is 0 Å². The number of amides is 1. The van der Waals surface area contributed by atoms with Crippen molar-refractivity contribution >= 4 is 28.5 Å². The van der Waals surface area contributed by atoms with Gasteiger partial charge in [-0.05, 0) is 48.6 Å². The molecular formula is C13H17IN2O. The molecule has 92 valence electrons. The molecule has 1 heterocycles. The molecule has 0 bridgehead atoms. The summed E-state index contributed by atoms with van der Waals surface area (Å²) < 4.78 is 1.03. The van der Waals surface area contributed by atoms with Crippen LogP contribution in [0.2, 0.25) is 0 Å². The van der Waals surface area contributed by atoms with Crippen molar-refractivity contribution in [3.8, 4) is 0 Å². The van der Waals surface area contributed by atoms with Crippen molar-refractivity contribution in [2.75, 3.05) is 19.6 Å². The van der Waals surface area contributed by atoms with Crippen molar-refractivity contribution in [3.63, 3.8) is 0 Å². The van der Waals surface area contributed by atoms with E-state index in [-0.39, 0.29) is 11.9 Å². The minimum Gasteiger partial charge on any atom is -0.333 e. The number of carbonyl (C=O) groups excluding carboxylic acids is 1. The normalized spacial score (nSPS) is 20.4. The van der Waals surface area contributed by atoms with Crippen molar-refractivity contribution in [2.45, 2.75) is 19.9 Å². The Labute approximate surface area is 116 Å². The quantitative estimate of drug-likeness (QED) is 0.791. The molecule has 2 rings (SSSR count). The van der Waals surface area contributed by atoms with Gasteiger partial charge in [0.1, 0.15) is 0 Å². The first kappa shape index (κ1) is 12.8. The molecule has 4 heteroatoms. The molecule has 17 heavy (non-hydrogen) atoms. The molecule has 1 atom stereocenters. The van der Waals surface area contributed by atoms with E-state index in [1.54, 1.807) is 0 Å². The number of aryl methyl sites for hydroxylation is 1. The number of piperazine rings is 1. The average Bonchev–Trinajstić information content (AvgIpc) is 2.32. The summed E-state index contributed by atoms with van der Waals surface area (Å²) >= 11 is 2.23. The highest BCUT2D eigenvalue weighted by atomic mass is 127. The number of halogens is 1. The van der Waals surface area contributed by atoms with Gasteiger partial charge in [0.2, 0.25) is 0 Å². The van der Waals surface area contributed by atoms with Crippen LogP contribution < -0.4 is 5.32 Å². The number of carbonyl (C=O) groups is 1. The summed E-state index contributed by atoms with van der Waals surface area (Å²) in [5.41, 5.74) is 1.97. The summed E-state index contributed by atoms with van der Waals surface area (Å²) in [5, 5.41) is 3.30. The van der Waals surface area contributed by atoms with E-state index in [2.05, 4.69) is 34.8 Å². The SMILES string of the molecule is Cc1ccc(I)c(C(=O)N2CCNC[C@@H]2C)c1. The van der Waals surface area contributed by atoms with Crippen LogP contribution in [-0.4, -0.2) is 36.5 Å². The molecule has 0 aromatic heterocycles. The summed E-state index contributed by atoms with van der Waals surface area (Å²) in [4.78, 5) is 14.4. The molecule has 0 unspecified atom stereocenters. The van der Waals surface area contributed by atoms with E-state index in [0.29, 0.717) is 0 Å². The number of nitrogens with zero attached hydrogens (tertiary/aromatic N) is 1. The lowest BCUT2D eigenvalue weighted by Gasteiger charge is -2.34. The Balaban J connectivity index is 2.26. The Kier molecular flexibility index (Phi) is 4.04. The minimum absolute atomic E-state index is 0.159. The third kappa shape index (κ3) is 2.80. The first-order valence-electron chi connectivity index (χ1n) is 5.87. The van der Waals surface area contributed by atoms with Gasteiger partial charge in [0.05, 0.1) is 5.56 Å². The zero-order valence-corrected chi connectivity index (χ0v) is 12.3. The summed E-state index contributed by atoms with van der Waals surface area (Å²) in [6.07, 6.45) is 0. The third-order valence-corrected chi connectivity index (χ3v) is 4.06. The van der Waals surface area contributed by atoms with Gasteiger partial charge in [-0.25, -0.2) is 0 Å². The minimum atomic E-state index is 0.159. The smallest absolute Gasteiger partial charge is 0.255 e. The highest BCUT2D eigenvalue weighted by molar-refractivity contribution is 14.1. The maximum absolute atomic E-state index is 12.5. The van der Waals surface area contributed by atoms with Gasteiger partial charge in [-0.3, -0.25) is 4.79 Å². The summed E-state index contributed by atoms with van der Waals surface area (Å²) in [6, 6.07) is 6.31. The van der Waals surface area contributed by atoms with Gasteiger partial charge < -0.3 is 10.2 Å². The van der Waals surface area contributed by atoms with Gasteiger partial charge in [0.25, 0.3) is 5.91 Å². The molecule has 1 aromatic rings. The summed E-state index contributed by atoms with van der Waals surface area (Å²) in [7, 11) is 0. The maximum Gasteiger partial charge on any atom is 0.255 e. The van der Waals surface area contributed by atoms with E-state index in [4.69, 9.17) is 0 Å². The first-order valence-corrected chi connectivity index (χ1v) is 6.95. The van der Waals surface area contributed by atoms with Crippen molar-refractivity contribution < 1.29 is 4.79 Å². The van der Waals surface area contributed by atoms with E-state index in [0.717, 1.165) is 34.3 Å². The van der Waals surface area contributed by atoms with E-state index in [1.165, 1.54) is 0 Å². The molecule has 1 saturated heterocycles. The second-order valence-corrected chi connectivity index (χ2v) is 5.70. The topological polar surface area (TPSA) is 32.3 Å². The monoisotopic (exact) mass is 344 g/mol. The predicted octanol–water partition coefficient (Wildman–Crippen LogP) is 2.03. The van der Waals surface area contributed by atoms with E-state index in [9.17, 15) is 4.79 Å². The molecule has 0 saturated carbocycles. The lowest BCUT2D eigenvalue weighted by molar-refractivity contribution is 0.0654. The molecule has 1 aliphatic heterocycles. The van der Waals surface area contributed by atoms with Gasteiger partial charge in [-0.2, -0.15) is 0 Å². The molecule has 0 aliphatic carbocycles. The number of rotatable bonds is 1. The fourth-order valence-corrected chi connectivity index (χ4v) is 2.67. The van der Waals surface area contributed by atoms with Gasteiger partial charge in [-0.1, -0.05) is 11.6 Å².